The first-order valence-corrected chi connectivity index (χ1v) is 8.00. The number of hydrogen-bond acceptors (Lipinski definition) is 4. The molecule has 0 fully saturated rings. The number of hydrogen-bond donors (Lipinski definition) is 1. The van der Waals surface area contributed by atoms with Crippen LogP contribution in [0, 0.1) is 0 Å². The predicted molar refractivity (Wildman–Crippen MR) is 76.7 cm³/mol. The third kappa shape index (κ3) is 3.17. The molecule has 0 aromatic carbocycles. The Hall–Kier alpha value is -1.44. The maximum Gasteiger partial charge on any atom is 0.214 e. The molecule has 2 aromatic heterocycles. The first-order chi connectivity index (χ1) is 9.29. The van der Waals surface area contributed by atoms with E-state index in [4.69, 9.17) is 9.88 Å². The van der Waals surface area contributed by atoms with Gasteiger partial charge in [0.1, 0.15) is 17.0 Å². The van der Waals surface area contributed by atoms with Crippen molar-refractivity contribution < 1.29 is 13.2 Å². The number of primary sulfonamides is 1. The number of rotatable bonds is 5. The Bertz CT molecular complexity index is 661. The monoisotopic (exact) mass is 297 g/mol. The van der Waals surface area contributed by atoms with Gasteiger partial charge in [-0.05, 0) is 32.9 Å². The van der Waals surface area contributed by atoms with Crippen molar-refractivity contribution in [3.8, 4) is 0 Å². The molecule has 0 aliphatic carbocycles. The molecular weight excluding hydrogens is 278 g/mol. The van der Waals surface area contributed by atoms with Gasteiger partial charge in [0.15, 0.2) is 0 Å². The molecule has 0 saturated carbocycles. The smallest absolute Gasteiger partial charge is 0.214 e. The van der Waals surface area contributed by atoms with Crippen LogP contribution in [-0.4, -0.2) is 29.2 Å². The van der Waals surface area contributed by atoms with Gasteiger partial charge in [0.2, 0.25) is 10.0 Å². The van der Waals surface area contributed by atoms with Crippen LogP contribution in [0.2, 0.25) is 0 Å². The highest BCUT2D eigenvalue weighted by Crippen LogP contribution is 2.26. The number of nitrogens with two attached hydrogens (primary N) is 1. The second-order valence-electron chi connectivity index (χ2n) is 5.03. The van der Waals surface area contributed by atoms with Gasteiger partial charge in [0.05, 0.1) is 11.8 Å². The highest BCUT2D eigenvalue weighted by Gasteiger charge is 2.31. The summed E-state index contributed by atoms with van der Waals surface area (Å²) in [7, 11) is -3.71. The Morgan fingerprint density at radius 2 is 2.00 bits per heavy atom. The van der Waals surface area contributed by atoms with Crippen molar-refractivity contribution in [2.24, 2.45) is 5.14 Å². The van der Waals surface area contributed by atoms with E-state index in [9.17, 15) is 8.42 Å². The summed E-state index contributed by atoms with van der Waals surface area (Å²) >= 11 is 0. The molecule has 0 spiro atoms. The highest BCUT2D eigenvalue weighted by atomic mass is 32.2. The molecule has 6 nitrogen and oxygen atoms in total. The molecule has 110 valence electrons. The van der Waals surface area contributed by atoms with E-state index in [1.807, 2.05) is 42.6 Å². The van der Waals surface area contributed by atoms with Crippen LogP contribution in [0.25, 0.3) is 5.65 Å². The fraction of sp³-hybridized carbons (Fsp3) is 0.462. The second kappa shape index (κ2) is 5.51. The summed E-state index contributed by atoms with van der Waals surface area (Å²) in [5, 5.41) is 4.38. The Labute approximate surface area is 118 Å². The molecule has 2 N–H and O–H groups in total. The molecule has 0 radical (unpaired) electrons. The SMILES string of the molecule is CC(C)O[C@@H](c1cn2ccccc2n1)[C@H](C)S(N)(=O)=O. The van der Waals surface area contributed by atoms with E-state index >= 15 is 0 Å². The van der Waals surface area contributed by atoms with Gasteiger partial charge in [-0.2, -0.15) is 0 Å². The molecule has 0 aliphatic heterocycles. The maximum absolute atomic E-state index is 11.6. The number of imidazole rings is 1. The minimum absolute atomic E-state index is 0.131. The van der Waals surface area contributed by atoms with E-state index in [0.717, 1.165) is 5.65 Å². The summed E-state index contributed by atoms with van der Waals surface area (Å²) < 4.78 is 30.8. The minimum atomic E-state index is -3.71. The molecule has 2 aromatic rings. The van der Waals surface area contributed by atoms with Crippen LogP contribution in [0.1, 0.15) is 32.6 Å². The first kappa shape index (κ1) is 15.0. The van der Waals surface area contributed by atoms with E-state index < -0.39 is 21.4 Å². The largest absolute Gasteiger partial charge is 0.368 e. The minimum Gasteiger partial charge on any atom is -0.368 e. The third-order valence-electron chi connectivity index (χ3n) is 3.04. The van der Waals surface area contributed by atoms with E-state index in [1.165, 1.54) is 6.92 Å². The number of nitrogens with zero attached hydrogens (tertiary/aromatic N) is 2. The molecule has 0 saturated heterocycles. The van der Waals surface area contributed by atoms with Gasteiger partial charge >= 0.3 is 0 Å². The molecule has 0 bridgehead atoms. The lowest BCUT2D eigenvalue weighted by atomic mass is 10.2. The van der Waals surface area contributed by atoms with Crippen LogP contribution in [0.5, 0.6) is 0 Å². The van der Waals surface area contributed by atoms with Crippen molar-refractivity contribution in [3.05, 3.63) is 36.3 Å². The average Bonchev–Trinajstić information content (AvgIpc) is 2.77. The summed E-state index contributed by atoms with van der Waals surface area (Å²) in [4.78, 5) is 4.42. The van der Waals surface area contributed by atoms with Gasteiger partial charge in [0.25, 0.3) is 0 Å². The van der Waals surface area contributed by atoms with E-state index in [2.05, 4.69) is 4.98 Å². The summed E-state index contributed by atoms with van der Waals surface area (Å²) in [6.45, 7) is 5.23. The van der Waals surface area contributed by atoms with Crippen LogP contribution in [-0.2, 0) is 14.8 Å². The lowest BCUT2D eigenvalue weighted by Crippen LogP contribution is -2.34. The molecule has 2 rings (SSSR count). The lowest BCUT2D eigenvalue weighted by Gasteiger charge is -2.23. The highest BCUT2D eigenvalue weighted by molar-refractivity contribution is 7.89. The number of ether oxygens (including phenoxy) is 1. The van der Waals surface area contributed by atoms with Crippen molar-refractivity contribution in [2.45, 2.75) is 38.2 Å². The predicted octanol–water partition coefficient (Wildman–Crippen LogP) is 1.48. The zero-order chi connectivity index (χ0) is 14.9. The number of aromatic nitrogens is 2. The second-order valence-corrected chi connectivity index (χ2v) is 6.95. The quantitative estimate of drug-likeness (QED) is 0.905. The summed E-state index contributed by atoms with van der Waals surface area (Å²) in [6, 6.07) is 5.59. The van der Waals surface area contributed by atoms with E-state index in [0.29, 0.717) is 5.69 Å². The van der Waals surface area contributed by atoms with Gasteiger partial charge in [-0.15, -0.1) is 0 Å². The van der Waals surface area contributed by atoms with Gasteiger partial charge in [-0.1, -0.05) is 6.07 Å². The molecule has 20 heavy (non-hydrogen) atoms. The molecule has 2 heterocycles. The number of sulfonamides is 1. The molecule has 0 unspecified atom stereocenters. The fourth-order valence-electron chi connectivity index (χ4n) is 1.98. The van der Waals surface area contributed by atoms with Gasteiger partial charge in [-0.25, -0.2) is 18.5 Å². The first-order valence-electron chi connectivity index (χ1n) is 6.39. The zero-order valence-corrected chi connectivity index (χ0v) is 12.5. The van der Waals surface area contributed by atoms with Crippen LogP contribution < -0.4 is 5.14 Å². The standard InChI is InChI=1S/C13H19N3O3S/c1-9(2)19-13(10(3)20(14,17)18)11-8-16-7-5-4-6-12(16)15-11/h4-10,13H,1-3H3,(H2,14,17,18)/t10-,13+/m0/s1. The van der Waals surface area contributed by atoms with Gasteiger partial charge in [-0.3, -0.25) is 0 Å². The van der Waals surface area contributed by atoms with Crippen LogP contribution in [0.4, 0.5) is 0 Å². The molecule has 0 amide bonds. The van der Waals surface area contributed by atoms with Crippen molar-refractivity contribution in [1.29, 1.82) is 0 Å². The van der Waals surface area contributed by atoms with Crippen LogP contribution in [0.15, 0.2) is 30.6 Å². The Morgan fingerprint density at radius 3 is 2.55 bits per heavy atom. The maximum atomic E-state index is 11.6. The summed E-state index contributed by atoms with van der Waals surface area (Å²) in [6.07, 6.45) is 2.79. The molecular formula is C13H19N3O3S. The Kier molecular flexibility index (Phi) is 4.12. The van der Waals surface area contributed by atoms with E-state index in [1.54, 1.807) is 6.20 Å². The number of fused-ring (bicyclic) bond motifs is 1. The third-order valence-corrected chi connectivity index (χ3v) is 4.32. The zero-order valence-electron chi connectivity index (χ0n) is 11.7. The molecule has 0 aliphatic rings. The molecule has 2 atom stereocenters. The van der Waals surface area contributed by atoms with Crippen LogP contribution in [0.3, 0.4) is 0 Å². The lowest BCUT2D eigenvalue weighted by molar-refractivity contribution is 0.00436. The fourth-order valence-corrected chi connectivity index (χ4v) is 2.53. The van der Waals surface area contributed by atoms with Crippen molar-refractivity contribution >= 4 is 15.7 Å². The van der Waals surface area contributed by atoms with Crippen LogP contribution >= 0.6 is 0 Å². The van der Waals surface area contributed by atoms with Gasteiger partial charge in [0, 0.05) is 12.4 Å². The number of pyridine rings is 1. The summed E-state index contributed by atoms with van der Waals surface area (Å²) in [5.74, 6) is 0. The topological polar surface area (TPSA) is 86.7 Å². The van der Waals surface area contributed by atoms with E-state index in [-0.39, 0.29) is 6.10 Å². The summed E-state index contributed by atoms with van der Waals surface area (Å²) in [5.41, 5.74) is 1.30. The van der Waals surface area contributed by atoms with Crippen molar-refractivity contribution in [2.75, 3.05) is 0 Å². The Balaban J connectivity index is 2.45. The van der Waals surface area contributed by atoms with Crippen molar-refractivity contribution in [1.82, 2.24) is 9.38 Å². The molecule has 7 heteroatoms. The average molecular weight is 297 g/mol. The van der Waals surface area contributed by atoms with Crippen molar-refractivity contribution in [3.63, 3.8) is 0 Å². The van der Waals surface area contributed by atoms with Gasteiger partial charge < -0.3 is 9.14 Å². The normalized spacial score (nSPS) is 15.7. The Morgan fingerprint density at radius 1 is 1.30 bits per heavy atom.